The molecule has 0 radical (unpaired) electrons. The summed E-state index contributed by atoms with van der Waals surface area (Å²) in [5.41, 5.74) is 1.40. The molecule has 32 heavy (non-hydrogen) atoms. The number of nitrogens with one attached hydrogen (secondary N) is 1. The van der Waals surface area contributed by atoms with Gasteiger partial charge >= 0.3 is 0 Å². The van der Waals surface area contributed by atoms with Gasteiger partial charge in [0.05, 0.1) is 28.3 Å². The van der Waals surface area contributed by atoms with Gasteiger partial charge in [-0.3, -0.25) is 9.69 Å². The Labute approximate surface area is 193 Å². The molecule has 6 nitrogen and oxygen atoms in total. The Morgan fingerprint density at radius 1 is 1.25 bits per heavy atom. The van der Waals surface area contributed by atoms with Crippen LogP contribution in [0.3, 0.4) is 0 Å². The number of benzene rings is 1. The predicted molar refractivity (Wildman–Crippen MR) is 126 cm³/mol. The molecule has 0 saturated carbocycles. The van der Waals surface area contributed by atoms with Crippen LogP contribution in [-0.2, 0) is 22.1 Å². The third-order valence-corrected chi connectivity index (χ3v) is 8.83. The van der Waals surface area contributed by atoms with Crippen LogP contribution >= 0.6 is 11.3 Å². The molecule has 0 saturated heterocycles. The summed E-state index contributed by atoms with van der Waals surface area (Å²) in [5, 5.41) is 3.00. The van der Waals surface area contributed by atoms with E-state index in [1.165, 1.54) is 11.3 Å². The van der Waals surface area contributed by atoms with E-state index in [0.29, 0.717) is 33.5 Å². The van der Waals surface area contributed by atoms with Gasteiger partial charge < -0.3 is 9.73 Å². The molecular formula is C24H28N2O4S2. The van der Waals surface area contributed by atoms with Gasteiger partial charge in [0.15, 0.2) is 9.84 Å². The summed E-state index contributed by atoms with van der Waals surface area (Å²) in [7, 11) is -3.37. The van der Waals surface area contributed by atoms with Gasteiger partial charge in [-0.2, -0.15) is 0 Å². The van der Waals surface area contributed by atoms with Crippen LogP contribution in [0, 0.1) is 0 Å². The van der Waals surface area contributed by atoms with E-state index in [4.69, 9.17) is 4.42 Å². The van der Waals surface area contributed by atoms with Gasteiger partial charge in [-0.15, -0.1) is 11.3 Å². The zero-order valence-corrected chi connectivity index (χ0v) is 20.0. The average Bonchev–Trinajstić information content (AvgIpc) is 3.45. The number of furan rings is 1. The van der Waals surface area contributed by atoms with Gasteiger partial charge in [0, 0.05) is 29.6 Å². The normalized spacial score (nSPS) is 15.2. The summed E-state index contributed by atoms with van der Waals surface area (Å²) in [6.45, 7) is 6.52. The van der Waals surface area contributed by atoms with Crippen molar-refractivity contribution in [2.24, 2.45) is 0 Å². The molecule has 1 aliphatic heterocycles. The van der Waals surface area contributed by atoms with Gasteiger partial charge in [-0.1, -0.05) is 25.1 Å². The number of fused-ring (bicyclic) bond motifs is 3. The summed E-state index contributed by atoms with van der Waals surface area (Å²) in [4.78, 5) is 16.9. The first kappa shape index (κ1) is 22.8. The summed E-state index contributed by atoms with van der Waals surface area (Å²) >= 11 is 1.36. The van der Waals surface area contributed by atoms with Crippen molar-refractivity contribution in [1.29, 1.82) is 0 Å². The Kier molecular flexibility index (Phi) is 6.83. The molecule has 1 atom stereocenters. The van der Waals surface area contributed by atoms with Crippen molar-refractivity contribution in [3.8, 4) is 10.4 Å². The van der Waals surface area contributed by atoms with Crippen LogP contribution in [0.2, 0.25) is 0 Å². The van der Waals surface area contributed by atoms with Crippen molar-refractivity contribution in [2.75, 3.05) is 13.1 Å². The van der Waals surface area contributed by atoms with Crippen LogP contribution < -0.4 is 5.32 Å². The fraction of sp³-hybridized carbons (Fsp3) is 0.375. The molecule has 0 spiro atoms. The number of carbonyl (C=O) groups is 1. The molecule has 1 aliphatic rings. The summed E-state index contributed by atoms with van der Waals surface area (Å²) < 4.78 is 30.6. The van der Waals surface area contributed by atoms with E-state index in [9.17, 15) is 13.2 Å². The van der Waals surface area contributed by atoms with Gasteiger partial charge in [0.1, 0.15) is 5.76 Å². The predicted octanol–water partition coefficient (Wildman–Crippen LogP) is 4.72. The molecule has 1 N–H and O–H groups in total. The Morgan fingerprint density at radius 2 is 2.06 bits per heavy atom. The molecule has 8 heteroatoms. The van der Waals surface area contributed by atoms with Crippen LogP contribution in [0.1, 0.15) is 47.7 Å². The second kappa shape index (κ2) is 9.60. The quantitative estimate of drug-likeness (QED) is 0.456. The topological polar surface area (TPSA) is 79.6 Å². The lowest BCUT2D eigenvalue weighted by Gasteiger charge is -2.27. The first-order chi connectivity index (χ1) is 15.4. The zero-order chi connectivity index (χ0) is 22.7. The van der Waals surface area contributed by atoms with Crippen LogP contribution in [-0.4, -0.2) is 38.4 Å². The average molecular weight is 473 g/mol. The van der Waals surface area contributed by atoms with Crippen molar-refractivity contribution in [3.05, 3.63) is 64.9 Å². The lowest BCUT2D eigenvalue weighted by atomic mass is 10.1. The van der Waals surface area contributed by atoms with Gasteiger partial charge in [0.2, 0.25) is 0 Å². The lowest BCUT2D eigenvalue weighted by Crippen LogP contribution is -2.35. The smallest absolute Gasteiger partial charge is 0.261 e. The second-order valence-corrected chi connectivity index (χ2v) is 11.1. The van der Waals surface area contributed by atoms with Crippen molar-refractivity contribution in [3.63, 3.8) is 0 Å². The Bertz CT molecular complexity index is 1180. The fourth-order valence-electron chi connectivity index (χ4n) is 3.97. The fourth-order valence-corrected chi connectivity index (χ4v) is 6.85. The van der Waals surface area contributed by atoms with E-state index >= 15 is 0 Å². The highest BCUT2D eigenvalue weighted by molar-refractivity contribution is 7.91. The standard InChI is InChI=1S/C24H28N2O4S2/c1-3-17(2)26(15-19-8-6-13-30-19)12-7-11-25-24(27)21-14-18-16-32(28,29)22-10-5-4-9-20(22)23(18)31-21/h4-6,8-10,13-14,17H,3,7,11-12,15-16H2,1-2H3,(H,25,27). The van der Waals surface area contributed by atoms with Crippen molar-refractivity contribution in [1.82, 2.24) is 10.2 Å². The summed E-state index contributed by atoms with van der Waals surface area (Å²) in [6.07, 6.45) is 3.55. The molecule has 1 amide bonds. The molecular weight excluding hydrogens is 444 g/mol. The van der Waals surface area contributed by atoms with Crippen LogP contribution in [0.15, 0.2) is 58.0 Å². The summed E-state index contributed by atoms with van der Waals surface area (Å²) in [6, 6.07) is 13.0. The number of thiophene rings is 1. The third kappa shape index (κ3) is 4.82. The molecule has 3 aromatic rings. The van der Waals surface area contributed by atoms with E-state index < -0.39 is 9.84 Å². The molecule has 0 aliphatic carbocycles. The molecule has 4 rings (SSSR count). The van der Waals surface area contributed by atoms with E-state index in [-0.39, 0.29) is 11.7 Å². The van der Waals surface area contributed by atoms with E-state index in [1.807, 2.05) is 24.3 Å². The highest BCUT2D eigenvalue weighted by atomic mass is 32.2. The maximum absolute atomic E-state index is 12.7. The molecule has 170 valence electrons. The minimum Gasteiger partial charge on any atom is -0.468 e. The largest absolute Gasteiger partial charge is 0.468 e. The molecule has 3 heterocycles. The molecule has 1 aromatic carbocycles. The maximum Gasteiger partial charge on any atom is 0.261 e. The Morgan fingerprint density at radius 3 is 2.81 bits per heavy atom. The molecule has 0 bridgehead atoms. The minimum absolute atomic E-state index is 0.0558. The lowest BCUT2D eigenvalue weighted by molar-refractivity contribution is 0.0953. The number of carbonyl (C=O) groups excluding carboxylic acids is 1. The monoisotopic (exact) mass is 472 g/mol. The number of hydrogen-bond acceptors (Lipinski definition) is 6. The van der Waals surface area contributed by atoms with E-state index in [2.05, 4.69) is 24.1 Å². The van der Waals surface area contributed by atoms with Gasteiger partial charge in [0.25, 0.3) is 5.91 Å². The third-order valence-electron chi connectivity index (χ3n) is 5.91. The van der Waals surface area contributed by atoms with Crippen molar-refractivity contribution < 1.29 is 17.6 Å². The van der Waals surface area contributed by atoms with Gasteiger partial charge in [-0.25, -0.2) is 8.42 Å². The van der Waals surface area contributed by atoms with E-state index in [1.54, 1.807) is 24.5 Å². The van der Waals surface area contributed by atoms with Crippen molar-refractivity contribution in [2.45, 2.75) is 49.9 Å². The highest BCUT2D eigenvalue weighted by Gasteiger charge is 2.30. The number of amides is 1. The van der Waals surface area contributed by atoms with Crippen LogP contribution in [0.5, 0.6) is 0 Å². The second-order valence-electron chi connectivity index (χ2n) is 8.14. The highest BCUT2D eigenvalue weighted by Crippen LogP contribution is 2.42. The first-order valence-electron chi connectivity index (χ1n) is 10.9. The van der Waals surface area contributed by atoms with Crippen LogP contribution in [0.4, 0.5) is 0 Å². The number of rotatable bonds is 9. The Hall–Kier alpha value is -2.42. The molecule has 2 aromatic heterocycles. The number of hydrogen-bond donors (Lipinski definition) is 1. The van der Waals surface area contributed by atoms with E-state index in [0.717, 1.165) is 36.6 Å². The van der Waals surface area contributed by atoms with Crippen molar-refractivity contribution >= 4 is 27.1 Å². The summed E-state index contributed by atoms with van der Waals surface area (Å²) in [5.74, 6) is 0.730. The van der Waals surface area contributed by atoms with Gasteiger partial charge in [-0.05, 0) is 49.6 Å². The molecule has 0 fully saturated rings. The number of sulfone groups is 1. The minimum atomic E-state index is -3.37. The SMILES string of the molecule is CCC(C)N(CCCNC(=O)c1cc2c(s1)-c1ccccc1S(=O)(=O)C2)Cc1ccco1. The van der Waals surface area contributed by atoms with Crippen LogP contribution in [0.25, 0.3) is 10.4 Å². The first-order valence-corrected chi connectivity index (χ1v) is 13.4. The number of nitrogens with zero attached hydrogens (tertiary/aromatic N) is 1. The molecule has 1 unspecified atom stereocenters. The maximum atomic E-state index is 12.7. The zero-order valence-electron chi connectivity index (χ0n) is 18.3. The Balaban J connectivity index is 1.37.